The molecule has 8 nitrogen and oxygen atoms in total. The number of nitrogens with zero attached hydrogens (tertiary/aromatic N) is 6. The second-order valence-electron chi connectivity index (χ2n) is 12.0. The van der Waals surface area contributed by atoms with Crippen molar-refractivity contribution in [2.75, 3.05) is 37.6 Å². The summed E-state index contributed by atoms with van der Waals surface area (Å²) in [6.45, 7) is 14.5. The highest BCUT2D eigenvalue weighted by Crippen LogP contribution is 2.34. The Balaban J connectivity index is 1.80. The van der Waals surface area contributed by atoms with E-state index in [0.717, 1.165) is 31.6 Å². The van der Waals surface area contributed by atoms with Crippen LogP contribution >= 0.6 is 0 Å². The molecule has 2 fully saturated rings. The molecule has 1 aromatic carbocycles. The number of amides is 2. The monoisotopic (exact) mass is 530 g/mol. The van der Waals surface area contributed by atoms with Crippen LogP contribution in [0.5, 0.6) is 0 Å². The molecule has 1 aromatic heterocycles. The Kier molecular flexibility index (Phi) is 8.91. The van der Waals surface area contributed by atoms with Gasteiger partial charge in [0.05, 0.1) is 0 Å². The lowest BCUT2D eigenvalue weighted by Gasteiger charge is -2.40. The molecular formula is C31H42N6O2. The van der Waals surface area contributed by atoms with Gasteiger partial charge in [0.2, 0.25) is 0 Å². The van der Waals surface area contributed by atoms with Crippen molar-refractivity contribution in [1.82, 2.24) is 19.7 Å². The van der Waals surface area contributed by atoms with Crippen LogP contribution in [0, 0.1) is 11.5 Å². The van der Waals surface area contributed by atoms with Gasteiger partial charge in [-0.15, -0.1) is 0 Å². The molecule has 0 radical (unpaired) electrons. The summed E-state index contributed by atoms with van der Waals surface area (Å²) in [5, 5.41) is 9.76. The second-order valence-corrected chi connectivity index (χ2v) is 12.0. The zero-order valence-corrected chi connectivity index (χ0v) is 24.0. The van der Waals surface area contributed by atoms with E-state index in [-0.39, 0.29) is 23.3 Å². The Bertz CT molecular complexity index is 1160. The maximum Gasteiger partial charge on any atom is 0.251 e. The lowest BCUT2D eigenvalue weighted by atomic mass is 9.87. The molecule has 2 unspecified atom stereocenters. The Labute approximate surface area is 233 Å². The van der Waals surface area contributed by atoms with Crippen molar-refractivity contribution >= 4 is 17.5 Å². The first-order valence-corrected chi connectivity index (χ1v) is 14.1. The maximum atomic E-state index is 14.5. The van der Waals surface area contributed by atoms with Gasteiger partial charge in [-0.25, -0.2) is 0 Å². The van der Waals surface area contributed by atoms with Crippen LogP contribution in [0.25, 0.3) is 0 Å². The summed E-state index contributed by atoms with van der Waals surface area (Å²) in [6.07, 6.45) is 8.09. The number of aromatic nitrogens is 1. The minimum Gasteiger partial charge on any atom is -0.337 e. The molecule has 2 aliphatic heterocycles. The third kappa shape index (κ3) is 6.42. The molecule has 4 rings (SSSR count). The normalized spacial score (nSPS) is 18.4. The number of hydrogen-bond acceptors (Lipinski definition) is 6. The maximum absolute atomic E-state index is 14.5. The standard InChI is InChI=1S/C31H42N6O2/c1-23(2)36(20-19-34-16-8-17-34)30(39)28(24-9-6-15-33-21-24)37(29(38)27-10-7-18-35(27)22-32)26-13-11-25(12-14-26)31(3,4)5/h6,9,11-15,21,23,27-28H,7-8,10,16-20H2,1-5H3. The first-order chi connectivity index (χ1) is 18.6. The van der Waals surface area contributed by atoms with Crippen LogP contribution in [-0.2, 0) is 15.0 Å². The van der Waals surface area contributed by atoms with Gasteiger partial charge < -0.3 is 9.80 Å². The van der Waals surface area contributed by atoms with Crippen LogP contribution in [0.3, 0.4) is 0 Å². The first kappa shape index (κ1) is 28.6. The van der Waals surface area contributed by atoms with Crippen LogP contribution in [-0.4, -0.2) is 76.3 Å². The summed E-state index contributed by atoms with van der Waals surface area (Å²) < 4.78 is 0. The fraction of sp³-hybridized carbons (Fsp3) is 0.548. The van der Waals surface area contributed by atoms with Crippen LogP contribution < -0.4 is 4.90 Å². The fourth-order valence-corrected chi connectivity index (χ4v) is 5.40. The summed E-state index contributed by atoms with van der Waals surface area (Å²) in [5.41, 5.74) is 2.39. The lowest BCUT2D eigenvalue weighted by Crippen LogP contribution is -2.53. The number of anilines is 1. The summed E-state index contributed by atoms with van der Waals surface area (Å²) in [4.78, 5) is 40.6. The van der Waals surface area contributed by atoms with Crippen molar-refractivity contribution in [2.45, 2.75) is 77.4 Å². The fourth-order valence-electron chi connectivity index (χ4n) is 5.40. The second kappa shape index (κ2) is 12.2. The van der Waals surface area contributed by atoms with Gasteiger partial charge in [0, 0.05) is 49.3 Å². The molecular weight excluding hydrogens is 488 g/mol. The molecule has 8 heteroatoms. The molecule has 0 bridgehead atoms. The van der Waals surface area contributed by atoms with Crippen LogP contribution in [0.1, 0.15) is 71.0 Å². The zero-order valence-electron chi connectivity index (χ0n) is 24.0. The predicted molar refractivity (Wildman–Crippen MR) is 153 cm³/mol. The largest absolute Gasteiger partial charge is 0.337 e. The number of rotatable bonds is 9. The Morgan fingerprint density at radius 3 is 2.36 bits per heavy atom. The predicted octanol–water partition coefficient (Wildman–Crippen LogP) is 4.34. The minimum absolute atomic E-state index is 0.0414. The highest BCUT2D eigenvalue weighted by molar-refractivity contribution is 6.04. The molecule has 39 heavy (non-hydrogen) atoms. The van der Waals surface area contributed by atoms with E-state index < -0.39 is 12.1 Å². The van der Waals surface area contributed by atoms with Gasteiger partial charge in [0.15, 0.2) is 6.19 Å². The molecule has 208 valence electrons. The van der Waals surface area contributed by atoms with Gasteiger partial charge in [0.1, 0.15) is 12.1 Å². The Morgan fingerprint density at radius 2 is 1.82 bits per heavy atom. The molecule has 2 aliphatic rings. The van der Waals surface area contributed by atoms with Crippen molar-refractivity contribution in [2.24, 2.45) is 0 Å². The summed E-state index contributed by atoms with van der Waals surface area (Å²) in [5.74, 6) is -0.362. The first-order valence-electron chi connectivity index (χ1n) is 14.1. The van der Waals surface area contributed by atoms with E-state index in [2.05, 4.69) is 36.8 Å². The van der Waals surface area contributed by atoms with E-state index in [1.54, 1.807) is 28.3 Å². The zero-order chi connectivity index (χ0) is 28.2. The summed E-state index contributed by atoms with van der Waals surface area (Å²) in [6, 6.07) is 10.1. The molecule has 0 aliphatic carbocycles. The summed E-state index contributed by atoms with van der Waals surface area (Å²) in [7, 11) is 0. The Hall–Kier alpha value is -3.44. The van der Waals surface area contributed by atoms with Crippen molar-refractivity contribution < 1.29 is 9.59 Å². The summed E-state index contributed by atoms with van der Waals surface area (Å²) >= 11 is 0. The number of pyridine rings is 1. The van der Waals surface area contributed by atoms with Gasteiger partial charge in [-0.2, -0.15) is 5.26 Å². The highest BCUT2D eigenvalue weighted by atomic mass is 16.2. The van der Waals surface area contributed by atoms with Gasteiger partial charge >= 0.3 is 0 Å². The van der Waals surface area contributed by atoms with Crippen molar-refractivity contribution in [3.8, 4) is 6.19 Å². The van der Waals surface area contributed by atoms with Crippen LogP contribution in [0.15, 0.2) is 48.8 Å². The quantitative estimate of drug-likeness (QED) is 0.449. The van der Waals surface area contributed by atoms with E-state index in [9.17, 15) is 14.9 Å². The number of nitriles is 1. The topological polar surface area (TPSA) is 83.8 Å². The van der Waals surface area contributed by atoms with Crippen LogP contribution in [0.2, 0.25) is 0 Å². The molecule has 2 amide bonds. The number of carbonyl (C=O) groups is 2. The molecule has 0 spiro atoms. The number of likely N-dealkylation sites (tertiary alicyclic amines) is 2. The van der Waals surface area contributed by atoms with Gasteiger partial charge in [-0.3, -0.25) is 24.4 Å². The third-order valence-electron chi connectivity index (χ3n) is 7.92. The van der Waals surface area contributed by atoms with Gasteiger partial charge in [-0.05, 0) is 75.4 Å². The van der Waals surface area contributed by atoms with E-state index in [0.29, 0.717) is 30.8 Å². The molecule has 2 aromatic rings. The van der Waals surface area contributed by atoms with E-state index >= 15 is 0 Å². The van der Waals surface area contributed by atoms with Crippen molar-refractivity contribution in [1.29, 1.82) is 5.26 Å². The molecule has 2 atom stereocenters. The number of benzene rings is 1. The van der Waals surface area contributed by atoms with Gasteiger partial charge in [0.25, 0.3) is 11.8 Å². The SMILES string of the molecule is CC(C)N(CCN1CCC1)C(=O)C(c1cccnc1)N(C(=O)C1CCCN1C#N)c1ccc(C(C)(C)C)cc1. The average Bonchev–Trinajstić information content (AvgIpc) is 3.37. The number of hydrogen-bond donors (Lipinski definition) is 0. The van der Waals surface area contributed by atoms with Crippen molar-refractivity contribution in [3.63, 3.8) is 0 Å². The van der Waals surface area contributed by atoms with Crippen molar-refractivity contribution in [3.05, 3.63) is 59.9 Å². The highest BCUT2D eigenvalue weighted by Gasteiger charge is 2.42. The van der Waals surface area contributed by atoms with E-state index in [4.69, 9.17) is 0 Å². The van der Waals surface area contributed by atoms with Gasteiger partial charge in [-0.1, -0.05) is 39.0 Å². The minimum atomic E-state index is -0.897. The smallest absolute Gasteiger partial charge is 0.251 e. The number of carbonyl (C=O) groups excluding carboxylic acids is 2. The molecule has 0 N–H and O–H groups in total. The lowest BCUT2D eigenvalue weighted by molar-refractivity contribution is -0.137. The average molecular weight is 531 g/mol. The van der Waals surface area contributed by atoms with E-state index in [1.807, 2.05) is 49.1 Å². The van der Waals surface area contributed by atoms with E-state index in [1.165, 1.54) is 6.42 Å². The van der Waals surface area contributed by atoms with Crippen LogP contribution in [0.4, 0.5) is 5.69 Å². The molecule has 2 saturated heterocycles. The molecule has 0 saturated carbocycles. The Morgan fingerprint density at radius 1 is 1.10 bits per heavy atom. The third-order valence-corrected chi connectivity index (χ3v) is 7.92. The molecule has 3 heterocycles.